The molecular formula is C18H38O5Si. The van der Waals surface area contributed by atoms with Gasteiger partial charge in [-0.1, -0.05) is 40.0 Å². The van der Waals surface area contributed by atoms with Gasteiger partial charge in [0.2, 0.25) is 0 Å². The Morgan fingerprint density at radius 1 is 1.00 bits per heavy atom. The van der Waals surface area contributed by atoms with Gasteiger partial charge in [-0.15, -0.1) is 0 Å². The number of rotatable bonds is 16. The third kappa shape index (κ3) is 7.50. The van der Waals surface area contributed by atoms with Crippen LogP contribution in [0.3, 0.4) is 0 Å². The van der Waals surface area contributed by atoms with Crippen LogP contribution in [-0.4, -0.2) is 54.5 Å². The number of hydrogen-bond donors (Lipinski definition) is 0. The van der Waals surface area contributed by atoms with Gasteiger partial charge in [0.15, 0.2) is 0 Å². The highest BCUT2D eigenvalue weighted by Gasteiger charge is 2.46. The first-order valence-corrected chi connectivity index (χ1v) is 11.5. The molecule has 0 amide bonds. The van der Waals surface area contributed by atoms with E-state index >= 15 is 0 Å². The molecule has 0 radical (unpaired) electrons. The number of hydrogen-bond acceptors (Lipinski definition) is 5. The van der Waals surface area contributed by atoms with Crippen molar-refractivity contribution in [3.63, 3.8) is 0 Å². The van der Waals surface area contributed by atoms with Crippen LogP contribution in [0.5, 0.6) is 0 Å². The molecule has 1 aliphatic rings. The van der Waals surface area contributed by atoms with Gasteiger partial charge in [-0.3, -0.25) is 0 Å². The van der Waals surface area contributed by atoms with Crippen LogP contribution in [0.4, 0.5) is 0 Å². The molecule has 6 heteroatoms. The van der Waals surface area contributed by atoms with Gasteiger partial charge >= 0.3 is 8.80 Å². The Balaban J connectivity index is 2.61. The Bertz CT molecular complexity index is 302. The fourth-order valence-corrected chi connectivity index (χ4v) is 5.80. The van der Waals surface area contributed by atoms with Gasteiger partial charge in [0.25, 0.3) is 0 Å². The molecule has 1 saturated heterocycles. The molecule has 0 aromatic carbocycles. The van der Waals surface area contributed by atoms with Crippen LogP contribution < -0.4 is 0 Å². The second kappa shape index (κ2) is 11.6. The molecule has 5 nitrogen and oxygen atoms in total. The fraction of sp³-hybridized carbons (Fsp3) is 1.00. The second-order valence-corrected chi connectivity index (χ2v) is 9.65. The summed E-state index contributed by atoms with van der Waals surface area (Å²) in [6.07, 6.45) is 7.73. The minimum Gasteiger partial charge on any atom is -0.379 e. The summed E-state index contributed by atoms with van der Waals surface area (Å²) in [5.74, 6) is 0. The van der Waals surface area contributed by atoms with Gasteiger partial charge in [0.05, 0.1) is 18.8 Å². The molecule has 0 aromatic heterocycles. The van der Waals surface area contributed by atoms with E-state index in [0.717, 1.165) is 57.6 Å². The third-order valence-corrected chi connectivity index (χ3v) is 7.54. The van der Waals surface area contributed by atoms with Crippen molar-refractivity contribution in [1.29, 1.82) is 0 Å². The van der Waals surface area contributed by atoms with Crippen LogP contribution in [-0.2, 0) is 22.8 Å². The van der Waals surface area contributed by atoms with E-state index in [1.165, 1.54) is 0 Å². The standard InChI is InChI=1S/C18H38O5Si/c1-6-10-18(11-7-2,12-8-3)23-24(19-4,20-5)14-9-13-21-15-17-16-22-17/h17H,6-16H2,1-5H3. The quantitative estimate of drug-likeness (QED) is 0.234. The first kappa shape index (κ1) is 22.1. The zero-order valence-electron chi connectivity index (χ0n) is 16.4. The molecular weight excluding hydrogens is 324 g/mol. The van der Waals surface area contributed by atoms with Crippen LogP contribution >= 0.6 is 0 Å². The Labute approximate surface area is 149 Å². The summed E-state index contributed by atoms with van der Waals surface area (Å²) in [5.41, 5.74) is -0.112. The highest BCUT2D eigenvalue weighted by atomic mass is 28.4. The number of epoxide rings is 1. The molecule has 144 valence electrons. The zero-order chi connectivity index (χ0) is 17.9. The summed E-state index contributed by atoms with van der Waals surface area (Å²) in [6, 6.07) is 0.796. The molecule has 0 N–H and O–H groups in total. The van der Waals surface area contributed by atoms with E-state index in [-0.39, 0.29) is 5.60 Å². The normalized spacial score (nSPS) is 18.1. The lowest BCUT2D eigenvalue weighted by molar-refractivity contribution is -0.0366. The molecule has 0 aromatic rings. The Morgan fingerprint density at radius 2 is 1.54 bits per heavy atom. The molecule has 1 aliphatic heterocycles. The Hall–Kier alpha value is 0.0169. The van der Waals surface area contributed by atoms with Gasteiger partial charge in [-0.05, 0) is 25.7 Å². The van der Waals surface area contributed by atoms with Gasteiger partial charge in [-0.2, -0.15) is 0 Å². The van der Waals surface area contributed by atoms with E-state index in [9.17, 15) is 0 Å². The predicted molar refractivity (Wildman–Crippen MR) is 98.3 cm³/mol. The highest BCUT2D eigenvalue weighted by molar-refractivity contribution is 6.60. The summed E-state index contributed by atoms with van der Waals surface area (Å²) >= 11 is 0. The molecule has 1 atom stereocenters. The van der Waals surface area contributed by atoms with E-state index in [1.54, 1.807) is 14.2 Å². The summed E-state index contributed by atoms with van der Waals surface area (Å²) in [4.78, 5) is 0. The topological polar surface area (TPSA) is 49.5 Å². The predicted octanol–water partition coefficient (Wildman–Crippen LogP) is 4.18. The fourth-order valence-electron chi connectivity index (χ4n) is 3.42. The average molecular weight is 363 g/mol. The van der Waals surface area contributed by atoms with E-state index in [2.05, 4.69) is 20.8 Å². The van der Waals surface area contributed by atoms with Gasteiger partial charge in [0.1, 0.15) is 6.10 Å². The average Bonchev–Trinajstić information content (AvgIpc) is 3.38. The summed E-state index contributed by atoms with van der Waals surface area (Å²) in [5, 5.41) is 0. The number of ether oxygens (including phenoxy) is 2. The van der Waals surface area contributed by atoms with Gasteiger partial charge in [-0.25, -0.2) is 0 Å². The molecule has 24 heavy (non-hydrogen) atoms. The molecule has 0 spiro atoms. The second-order valence-electron chi connectivity index (χ2n) is 6.76. The molecule has 1 fully saturated rings. The van der Waals surface area contributed by atoms with Crippen LogP contribution in [0.15, 0.2) is 0 Å². The Kier molecular flexibility index (Phi) is 10.7. The molecule has 0 bridgehead atoms. The lowest BCUT2D eigenvalue weighted by Gasteiger charge is -2.41. The smallest absolute Gasteiger partial charge is 0.379 e. The van der Waals surface area contributed by atoms with E-state index in [1.807, 2.05) is 0 Å². The largest absolute Gasteiger partial charge is 0.500 e. The summed E-state index contributed by atoms with van der Waals surface area (Å²) in [7, 11) is 0.787. The molecule has 0 aliphatic carbocycles. The maximum Gasteiger partial charge on any atom is 0.500 e. The SMILES string of the molecule is CCCC(CCC)(CCC)O[Si](CCCOCC1CO1)(OC)OC. The van der Waals surface area contributed by atoms with Crippen LogP contribution in [0.1, 0.15) is 65.7 Å². The minimum atomic E-state index is -2.66. The first-order chi connectivity index (χ1) is 11.6. The summed E-state index contributed by atoms with van der Waals surface area (Å²) in [6.45, 7) is 8.90. The highest BCUT2D eigenvalue weighted by Crippen LogP contribution is 2.35. The lowest BCUT2D eigenvalue weighted by atomic mass is 9.88. The van der Waals surface area contributed by atoms with Crippen molar-refractivity contribution in [2.75, 3.05) is 34.0 Å². The van der Waals surface area contributed by atoms with Gasteiger partial charge in [0, 0.05) is 26.9 Å². The molecule has 0 saturated carbocycles. The Morgan fingerprint density at radius 3 is 1.96 bits per heavy atom. The molecule has 1 unspecified atom stereocenters. The van der Waals surface area contributed by atoms with Crippen molar-refractivity contribution in [2.24, 2.45) is 0 Å². The van der Waals surface area contributed by atoms with Crippen molar-refractivity contribution in [1.82, 2.24) is 0 Å². The molecule has 1 heterocycles. The maximum atomic E-state index is 6.70. The van der Waals surface area contributed by atoms with Crippen molar-refractivity contribution in [2.45, 2.75) is 83.5 Å². The first-order valence-electron chi connectivity index (χ1n) is 9.59. The third-order valence-electron chi connectivity index (χ3n) is 4.59. The lowest BCUT2D eigenvalue weighted by Crippen LogP contribution is -2.52. The summed E-state index contributed by atoms with van der Waals surface area (Å²) < 4.78 is 29.2. The minimum absolute atomic E-state index is 0.112. The van der Waals surface area contributed by atoms with Crippen LogP contribution in [0.2, 0.25) is 6.04 Å². The van der Waals surface area contributed by atoms with Crippen molar-refractivity contribution in [3.8, 4) is 0 Å². The zero-order valence-corrected chi connectivity index (χ0v) is 17.4. The van der Waals surface area contributed by atoms with E-state index in [0.29, 0.717) is 19.3 Å². The van der Waals surface area contributed by atoms with E-state index in [4.69, 9.17) is 22.8 Å². The maximum absolute atomic E-state index is 6.70. The van der Waals surface area contributed by atoms with Gasteiger partial charge < -0.3 is 22.8 Å². The molecule has 1 rings (SSSR count). The van der Waals surface area contributed by atoms with Crippen LogP contribution in [0.25, 0.3) is 0 Å². The van der Waals surface area contributed by atoms with Crippen LogP contribution in [0, 0.1) is 0 Å². The monoisotopic (exact) mass is 362 g/mol. The van der Waals surface area contributed by atoms with Crippen molar-refractivity contribution >= 4 is 8.80 Å². The van der Waals surface area contributed by atoms with E-state index < -0.39 is 8.80 Å². The van der Waals surface area contributed by atoms with Crippen molar-refractivity contribution < 1.29 is 22.8 Å². The van der Waals surface area contributed by atoms with Crippen molar-refractivity contribution in [3.05, 3.63) is 0 Å².